The Morgan fingerprint density at radius 1 is 0.872 bits per heavy atom. The van der Waals surface area contributed by atoms with E-state index < -0.39 is 53.2 Å². The number of amides is 2. The first-order valence-electron chi connectivity index (χ1n) is 12.2. The van der Waals surface area contributed by atoms with E-state index in [1.165, 1.54) is 24.3 Å². The normalized spacial score (nSPS) is 23.6. The highest BCUT2D eigenvalue weighted by Gasteiger charge is 2.57. The molecule has 0 heterocycles. The average molecular weight is 586 g/mol. The number of hydrogen-bond acceptors (Lipinski definition) is 7. The molecule has 3 aliphatic carbocycles. The molecule has 2 aromatic carbocycles. The van der Waals surface area contributed by atoms with Gasteiger partial charge in [0.1, 0.15) is 29.2 Å². The first kappa shape index (κ1) is 28.8. The number of nitrogens with one attached hydrogen (secondary N) is 2. The van der Waals surface area contributed by atoms with Crippen molar-refractivity contribution in [2.24, 2.45) is 5.73 Å². The lowest BCUT2D eigenvalue weighted by Gasteiger charge is -2.57. The van der Waals surface area contributed by atoms with Crippen LogP contribution >= 0.6 is 23.2 Å². The standard InChI is InChI=1S/C26H27Cl2F2N3O6/c27-17-3-1-15(9-19(17)29)37-13-22(34)32-25-5-7-26(8-6-25,21(11-25)39-24(36)12-31)33-23(35)14-38-16-2-4-18(28)20(30)10-16/h1-4,9-10,21H,5-8,11-14,31H2,(H,32,34)(H,33,35)/t21-,25?,26?/m1/s1. The molecule has 2 amide bonds. The lowest BCUT2D eigenvalue weighted by molar-refractivity contribution is -0.165. The van der Waals surface area contributed by atoms with Gasteiger partial charge in [-0.3, -0.25) is 14.4 Å². The molecule has 210 valence electrons. The van der Waals surface area contributed by atoms with Gasteiger partial charge in [-0.15, -0.1) is 0 Å². The highest BCUT2D eigenvalue weighted by molar-refractivity contribution is 6.31. The quantitative estimate of drug-likeness (QED) is 0.365. The van der Waals surface area contributed by atoms with Crippen LogP contribution in [-0.2, 0) is 19.1 Å². The van der Waals surface area contributed by atoms with Gasteiger partial charge in [-0.2, -0.15) is 0 Å². The van der Waals surface area contributed by atoms with Crippen molar-refractivity contribution < 1.29 is 37.4 Å². The predicted molar refractivity (Wildman–Crippen MR) is 138 cm³/mol. The minimum absolute atomic E-state index is 0.0609. The van der Waals surface area contributed by atoms with Crippen LogP contribution in [0.5, 0.6) is 11.5 Å². The van der Waals surface area contributed by atoms with Crippen molar-refractivity contribution in [3.05, 3.63) is 58.1 Å². The SMILES string of the molecule is NCC(=O)O[C@@H]1CC2(NC(=O)COc3ccc(Cl)c(F)c3)CCC1(NC(=O)COc1ccc(Cl)c(F)c1)CC2. The molecule has 0 spiro atoms. The maximum Gasteiger partial charge on any atom is 0.320 e. The van der Waals surface area contributed by atoms with Crippen LogP contribution in [0.25, 0.3) is 0 Å². The van der Waals surface area contributed by atoms with Crippen molar-refractivity contribution in [3.8, 4) is 11.5 Å². The van der Waals surface area contributed by atoms with Crippen LogP contribution in [0.2, 0.25) is 10.0 Å². The van der Waals surface area contributed by atoms with Crippen LogP contribution in [0.15, 0.2) is 36.4 Å². The first-order chi connectivity index (χ1) is 18.5. The second-order valence-corrected chi connectivity index (χ2v) is 10.5. The second kappa shape index (κ2) is 11.9. The van der Waals surface area contributed by atoms with Crippen molar-refractivity contribution in [2.75, 3.05) is 19.8 Å². The van der Waals surface area contributed by atoms with Crippen LogP contribution in [0.1, 0.15) is 32.1 Å². The Morgan fingerprint density at radius 2 is 1.38 bits per heavy atom. The minimum Gasteiger partial charge on any atom is -0.484 e. The van der Waals surface area contributed by atoms with Gasteiger partial charge < -0.3 is 30.6 Å². The first-order valence-corrected chi connectivity index (χ1v) is 13.0. The number of benzene rings is 2. The number of carbonyl (C=O) groups excluding carboxylic acids is 3. The molecule has 1 atom stereocenters. The zero-order valence-corrected chi connectivity index (χ0v) is 22.2. The molecule has 3 fully saturated rings. The Labute approximate surface area is 233 Å². The summed E-state index contributed by atoms with van der Waals surface area (Å²) < 4.78 is 43.7. The molecule has 0 unspecified atom stereocenters. The fourth-order valence-electron chi connectivity index (χ4n) is 5.07. The maximum atomic E-state index is 13.7. The molecule has 3 aliphatic rings. The van der Waals surface area contributed by atoms with E-state index in [1.54, 1.807) is 0 Å². The molecule has 0 saturated heterocycles. The van der Waals surface area contributed by atoms with Gasteiger partial charge in [-0.05, 0) is 49.9 Å². The van der Waals surface area contributed by atoms with Crippen LogP contribution in [0, 0.1) is 11.6 Å². The summed E-state index contributed by atoms with van der Waals surface area (Å²) in [5.74, 6) is -2.63. The fraction of sp³-hybridized carbons (Fsp3) is 0.423. The zero-order valence-electron chi connectivity index (χ0n) is 20.7. The van der Waals surface area contributed by atoms with E-state index in [9.17, 15) is 23.2 Å². The Balaban J connectivity index is 1.38. The molecule has 0 radical (unpaired) electrons. The van der Waals surface area contributed by atoms with Crippen LogP contribution < -0.4 is 25.8 Å². The van der Waals surface area contributed by atoms with Crippen LogP contribution in [0.4, 0.5) is 8.78 Å². The largest absolute Gasteiger partial charge is 0.484 e. The molecule has 5 rings (SSSR count). The monoisotopic (exact) mass is 585 g/mol. The molecular weight excluding hydrogens is 559 g/mol. The van der Waals surface area contributed by atoms with Gasteiger partial charge in [0, 0.05) is 24.1 Å². The summed E-state index contributed by atoms with van der Waals surface area (Å²) in [6, 6.07) is 7.69. The Hall–Kier alpha value is -3.15. The third kappa shape index (κ3) is 6.90. The van der Waals surface area contributed by atoms with Gasteiger partial charge in [0.2, 0.25) is 0 Å². The smallest absolute Gasteiger partial charge is 0.320 e. The molecular formula is C26H27Cl2F2N3O6. The van der Waals surface area contributed by atoms with Crippen LogP contribution in [0.3, 0.4) is 0 Å². The van der Waals surface area contributed by atoms with Crippen LogP contribution in [-0.4, -0.2) is 54.7 Å². The molecule has 13 heteroatoms. The summed E-state index contributed by atoms with van der Waals surface area (Å²) in [7, 11) is 0. The lowest BCUT2D eigenvalue weighted by atomic mass is 9.59. The van der Waals surface area contributed by atoms with Gasteiger partial charge in [0.25, 0.3) is 11.8 Å². The zero-order chi connectivity index (χ0) is 28.2. The number of carbonyl (C=O) groups is 3. The molecule has 39 heavy (non-hydrogen) atoms. The van der Waals surface area contributed by atoms with Crippen molar-refractivity contribution in [1.82, 2.24) is 10.6 Å². The van der Waals surface area contributed by atoms with Gasteiger partial charge >= 0.3 is 5.97 Å². The van der Waals surface area contributed by atoms with Crippen molar-refractivity contribution in [1.29, 1.82) is 0 Å². The second-order valence-electron chi connectivity index (χ2n) is 9.65. The third-order valence-corrected chi connectivity index (χ3v) is 7.66. The van der Waals surface area contributed by atoms with Crippen molar-refractivity contribution in [2.45, 2.75) is 49.3 Å². The Bertz CT molecular complexity index is 1260. The molecule has 9 nitrogen and oxygen atoms in total. The number of rotatable bonds is 10. The molecule has 2 bridgehead atoms. The topological polar surface area (TPSA) is 129 Å². The maximum absolute atomic E-state index is 13.7. The lowest BCUT2D eigenvalue weighted by Crippen LogP contribution is -2.71. The predicted octanol–water partition coefficient (Wildman–Crippen LogP) is 3.29. The van der Waals surface area contributed by atoms with E-state index in [2.05, 4.69) is 10.6 Å². The number of fused-ring (bicyclic) bond motifs is 3. The third-order valence-electron chi connectivity index (χ3n) is 7.05. The average Bonchev–Trinajstić information content (AvgIpc) is 2.91. The highest BCUT2D eigenvalue weighted by atomic mass is 35.5. The van der Waals surface area contributed by atoms with E-state index in [4.69, 9.17) is 43.1 Å². The highest BCUT2D eigenvalue weighted by Crippen LogP contribution is 2.48. The van der Waals surface area contributed by atoms with E-state index in [0.717, 1.165) is 12.1 Å². The minimum atomic E-state index is -0.889. The molecule has 0 aliphatic heterocycles. The molecule has 3 saturated carbocycles. The Morgan fingerprint density at radius 3 is 1.87 bits per heavy atom. The van der Waals surface area contributed by atoms with Gasteiger partial charge in [-0.1, -0.05) is 23.2 Å². The van der Waals surface area contributed by atoms with Gasteiger partial charge in [0.15, 0.2) is 13.2 Å². The van der Waals surface area contributed by atoms with Gasteiger partial charge in [-0.25, -0.2) is 8.78 Å². The molecule has 0 aromatic heterocycles. The molecule has 4 N–H and O–H groups in total. The fourth-order valence-corrected chi connectivity index (χ4v) is 5.31. The van der Waals surface area contributed by atoms with E-state index in [1.807, 2.05) is 0 Å². The summed E-state index contributed by atoms with van der Waals surface area (Å²) in [5, 5.41) is 5.78. The number of hydrogen-bond donors (Lipinski definition) is 3. The van der Waals surface area contributed by atoms with E-state index in [0.29, 0.717) is 25.7 Å². The Kier molecular flexibility index (Phi) is 8.83. The summed E-state index contributed by atoms with van der Waals surface area (Å²) in [6.45, 7) is -1.11. The summed E-state index contributed by atoms with van der Waals surface area (Å²) in [5.41, 5.74) is 3.86. The van der Waals surface area contributed by atoms with Crippen molar-refractivity contribution >= 4 is 41.0 Å². The summed E-state index contributed by atoms with van der Waals surface area (Å²) in [6.07, 6.45) is 1.27. The summed E-state index contributed by atoms with van der Waals surface area (Å²) >= 11 is 11.3. The number of nitrogens with two attached hydrogens (primary N) is 1. The number of halogens is 4. The van der Waals surface area contributed by atoms with E-state index in [-0.39, 0.29) is 41.1 Å². The number of ether oxygens (including phenoxy) is 3. The number of esters is 1. The molecule has 2 aromatic rings. The van der Waals surface area contributed by atoms with E-state index >= 15 is 0 Å². The van der Waals surface area contributed by atoms with Gasteiger partial charge in [0.05, 0.1) is 22.1 Å². The van der Waals surface area contributed by atoms with Crippen molar-refractivity contribution in [3.63, 3.8) is 0 Å². The summed E-state index contributed by atoms with van der Waals surface area (Å²) in [4.78, 5) is 37.6.